The number of nitrogens with zero attached hydrogens (tertiary/aromatic N) is 3. The topological polar surface area (TPSA) is 132 Å². The van der Waals surface area contributed by atoms with Crippen molar-refractivity contribution in [2.24, 2.45) is 10.2 Å². The number of hydrogen-bond acceptors (Lipinski definition) is 7. The summed E-state index contributed by atoms with van der Waals surface area (Å²) in [5.74, 6) is 0.584. The molecule has 0 aliphatic heterocycles. The zero-order valence-electron chi connectivity index (χ0n) is 11.0. The van der Waals surface area contributed by atoms with Crippen LogP contribution in [0.25, 0.3) is 0 Å². The summed E-state index contributed by atoms with van der Waals surface area (Å²) in [5.41, 5.74) is 11.8. The Hall–Kier alpha value is -2.90. The summed E-state index contributed by atoms with van der Waals surface area (Å²) in [6, 6.07) is 5.28. The Morgan fingerprint density at radius 1 is 1.30 bits per heavy atom. The van der Waals surface area contributed by atoms with E-state index in [0.29, 0.717) is 11.4 Å². The van der Waals surface area contributed by atoms with Crippen molar-refractivity contribution >= 4 is 23.1 Å². The second-order valence-electron chi connectivity index (χ2n) is 4.04. The average molecular weight is 274 g/mol. The number of aromatic nitrogens is 2. The van der Waals surface area contributed by atoms with E-state index in [-0.39, 0.29) is 17.5 Å². The molecule has 2 rings (SSSR count). The van der Waals surface area contributed by atoms with Gasteiger partial charge in [0.25, 0.3) is 5.56 Å². The molecule has 8 nitrogen and oxygen atoms in total. The summed E-state index contributed by atoms with van der Waals surface area (Å²) < 4.78 is 5.09. The van der Waals surface area contributed by atoms with Crippen LogP contribution in [0.3, 0.4) is 0 Å². The summed E-state index contributed by atoms with van der Waals surface area (Å²) in [7, 11) is 1.58. The smallest absolute Gasteiger partial charge is 0.282 e. The third-order valence-electron chi connectivity index (χ3n) is 2.60. The van der Waals surface area contributed by atoms with Crippen LogP contribution in [0.15, 0.2) is 33.2 Å². The second-order valence-corrected chi connectivity index (χ2v) is 4.04. The molecule has 5 N–H and O–H groups in total. The number of ether oxygens (including phenoxy) is 1. The van der Waals surface area contributed by atoms with Crippen LogP contribution < -0.4 is 21.8 Å². The quantitative estimate of drug-likeness (QED) is 0.732. The fourth-order valence-electron chi connectivity index (χ4n) is 1.57. The minimum Gasteiger partial charge on any atom is -0.497 e. The zero-order chi connectivity index (χ0) is 14.7. The standard InChI is InChI=1S/C12H14N6O2/c1-6-5-7(20-2)3-4-8(6)17-18-9-10(13)15-12(14)16-11(9)19/h3-5H,1-2H3,(H5,13,14,15,16,19). The number of rotatable bonds is 3. The number of H-pyrrole nitrogens is 1. The van der Waals surface area contributed by atoms with Crippen molar-refractivity contribution in [2.75, 3.05) is 18.6 Å². The average Bonchev–Trinajstić information content (AvgIpc) is 2.39. The lowest BCUT2D eigenvalue weighted by Gasteiger charge is -2.03. The third-order valence-corrected chi connectivity index (χ3v) is 2.60. The third kappa shape index (κ3) is 2.74. The van der Waals surface area contributed by atoms with Gasteiger partial charge in [-0.15, -0.1) is 10.2 Å². The second kappa shape index (κ2) is 5.39. The molecule has 20 heavy (non-hydrogen) atoms. The molecule has 0 saturated carbocycles. The molecule has 104 valence electrons. The SMILES string of the molecule is COc1ccc(N=Nc2c(N)nc(N)[nH]c2=O)c(C)c1. The van der Waals surface area contributed by atoms with E-state index >= 15 is 0 Å². The molecule has 0 saturated heterocycles. The van der Waals surface area contributed by atoms with Gasteiger partial charge in [0, 0.05) is 0 Å². The highest BCUT2D eigenvalue weighted by Gasteiger charge is 2.07. The Balaban J connectivity index is 2.37. The molecule has 0 unspecified atom stereocenters. The van der Waals surface area contributed by atoms with Crippen LogP contribution in [0, 0.1) is 6.92 Å². The van der Waals surface area contributed by atoms with Gasteiger partial charge in [-0.2, -0.15) is 4.98 Å². The van der Waals surface area contributed by atoms with Gasteiger partial charge in [-0.1, -0.05) is 0 Å². The molecule has 1 heterocycles. The molecule has 0 aliphatic rings. The summed E-state index contributed by atoms with van der Waals surface area (Å²) in [5, 5.41) is 7.82. The first kappa shape index (κ1) is 13.5. The number of hydrogen-bond donors (Lipinski definition) is 3. The van der Waals surface area contributed by atoms with Crippen LogP contribution in [0.4, 0.5) is 23.1 Å². The fraction of sp³-hybridized carbons (Fsp3) is 0.167. The molecular weight excluding hydrogens is 260 g/mol. The molecule has 0 fully saturated rings. The number of anilines is 2. The highest BCUT2D eigenvalue weighted by atomic mass is 16.5. The molecule has 0 amide bonds. The number of nitrogen functional groups attached to an aromatic ring is 2. The largest absolute Gasteiger partial charge is 0.497 e. The summed E-state index contributed by atoms with van der Waals surface area (Å²) in [6.45, 7) is 1.85. The number of nitrogens with two attached hydrogens (primary N) is 2. The monoisotopic (exact) mass is 274 g/mol. The maximum absolute atomic E-state index is 11.6. The van der Waals surface area contributed by atoms with Crippen molar-refractivity contribution < 1.29 is 4.74 Å². The van der Waals surface area contributed by atoms with E-state index in [1.165, 1.54) is 0 Å². The lowest BCUT2D eigenvalue weighted by molar-refractivity contribution is 0.414. The van der Waals surface area contributed by atoms with Crippen molar-refractivity contribution in [3.05, 3.63) is 34.1 Å². The first-order valence-electron chi connectivity index (χ1n) is 5.73. The first-order chi connectivity index (χ1) is 9.51. The minimum atomic E-state index is -0.537. The first-order valence-corrected chi connectivity index (χ1v) is 5.73. The Morgan fingerprint density at radius 3 is 2.65 bits per heavy atom. The van der Waals surface area contributed by atoms with Crippen LogP contribution in [-0.2, 0) is 0 Å². The predicted octanol–water partition coefficient (Wildman–Crippen LogP) is 1.67. The van der Waals surface area contributed by atoms with Crippen LogP contribution in [0.2, 0.25) is 0 Å². The van der Waals surface area contributed by atoms with Crippen molar-refractivity contribution in [3.63, 3.8) is 0 Å². The zero-order valence-corrected chi connectivity index (χ0v) is 11.0. The maximum Gasteiger partial charge on any atom is 0.282 e. The van der Waals surface area contributed by atoms with Crippen LogP contribution >= 0.6 is 0 Å². The molecule has 1 aromatic carbocycles. The van der Waals surface area contributed by atoms with Gasteiger partial charge in [0.1, 0.15) is 5.75 Å². The van der Waals surface area contributed by atoms with E-state index in [9.17, 15) is 4.79 Å². The molecule has 2 aromatic rings. The van der Waals surface area contributed by atoms with E-state index in [0.717, 1.165) is 5.56 Å². The van der Waals surface area contributed by atoms with E-state index < -0.39 is 5.56 Å². The molecule has 0 bridgehead atoms. The maximum atomic E-state index is 11.6. The summed E-state index contributed by atoms with van der Waals surface area (Å²) in [4.78, 5) is 17.7. The van der Waals surface area contributed by atoms with Gasteiger partial charge in [0.15, 0.2) is 11.5 Å². The number of aromatic amines is 1. The predicted molar refractivity (Wildman–Crippen MR) is 75.6 cm³/mol. The summed E-state index contributed by atoms with van der Waals surface area (Å²) >= 11 is 0. The Kier molecular flexibility index (Phi) is 3.65. The Labute approximate surface area is 114 Å². The van der Waals surface area contributed by atoms with Gasteiger partial charge in [0.05, 0.1) is 12.8 Å². The van der Waals surface area contributed by atoms with Crippen molar-refractivity contribution in [3.8, 4) is 5.75 Å². The number of azo groups is 1. The molecule has 1 aromatic heterocycles. The van der Waals surface area contributed by atoms with E-state index in [4.69, 9.17) is 16.2 Å². The molecular formula is C12H14N6O2. The van der Waals surface area contributed by atoms with Gasteiger partial charge >= 0.3 is 0 Å². The molecule has 0 radical (unpaired) electrons. The van der Waals surface area contributed by atoms with Gasteiger partial charge in [0.2, 0.25) is 5.95 Å². The van der Waals surface area contributed by atoms with Crippen LogP contribution in [-0.4, -0.2) is 17.1 Å². The molecule has 0 spiro atoms. The van der Waals surface area contributed by atoms with Crippen LogP contribution in [0.5, 0.6) is 5.75 Å². The lowest BCUT2D eigenvalue weighted by Crippen LogP contribution is -2.12. The molecule has 0 atom stereocenters. The van der Waals surface area contributed by atoms with Crippen molar-refractivity contribution in [1.82, 2.24) is 9.97 Å². The normalized spacial score (nSPS) is 10.9. The molecule has 8 heteroatoms. The van der Waals surface area contributed by atoms with Gasteiger partial charge in [-0.3, -0.25) is 9.78 Å². The number of methoxy groups -OCH3 is 1. The van der Waals surface area contributed by atoms with Crippen molar-refractivity contribution in [1.29, 1.82) is 0 Å². The highest BCUT2D eigenvalue weighted by molar-refractivity contribution is 5.57. The van der Waals surface area contributed by atoms with Gasteiger partial charge < -0.3 is 16.2 Å². The lowest BCUT2D eigenvalue weighted by atomic mass is 10.2. The molecule has 0 aliphatic carbocycles. The van der Waals surface area contributed by atoms with E-state index in [1.807, 2.05) is 13.0 Å². The highest BCUT2D eigenvalue weighted by Crippen LogP contribution is 2.25. The van der Waals surface area contributed by atoms with Crippen molar-refractivity contribution in [2.45, 2.75) is 6.92 Å². The minimum absolute atomic E-state index is 0.0629. The van der Waals surface area contributed by atoms with Crippen LogP contribution in [0.1, 0.15) is 5.56 Å². The van der Waals surface area contributed by atoms with Gasteiger partial charge in [-0.25, -0.2) is 0 Å². The number of benzene rings is 1. The van der Waals surface area contributed by atoms with E-state index in [2.05, 4.69) is 20.2 Å². The summed E-state index contributed by atoms with van der Waals surface area (Å²) in [6.07, 6.45) is 0. The number of aryl methyl sites for hydroxylation is 1. The Morgan fingerprint density at radius 2 is 2.05 bits per heavy atom. The Bertz CT molecular complexity index is 722. The number of nitrogens with one attached hydrogen (secondary N) is 1. The van der Waals surface area contributed by atoms with Gasteiger partial charge in [-0.05, 0) is 30.7 Å². The fourth-order valence-corrected chi connectivity index (χ4v) is 1.57. The van der Waals surface area contributed by atoms with E-state index in [1.54, 1.807) is 19.2 Å².